The number of rotatable bonds is 4. The Kier molecular flexibility index (Phi) is 4.51. The molecule has 0 aliphatic heterocycles. The van der Waals surface area contributed by atoms with Gasteiger partial charge in [-0.1, -0.05) is 43.0 Å². The third-order valence-corrected chi connectivity index (χ3v) is 5.08. The molecule has 1 fully saturated rings. The highest BCUT2D eigenvalue weighted by atomic mass is 35.5. The zero-order chi connectivity index (χ0) is 18.1. The zero-order valence-electron chi connectivity index (χ0n) is 14.3. The van der Waals surface area contributed by atoms with E-state index in [0.717, 1.165) is 24.1 Å². The smallest absolute Gasteiger partial charge is 0.267 e. The van der Waals surface area contributed by atoms with E-state index in [0.29, 0.717) is 28.2 Å². The molecule has 0 radical (unpaired) electrons. The van der Waals surface area contributed by atoms with Gasteiger partial charge in [-0.3, -0.25) is 9.20 Å². The van der Waals surface area contributed by atoms with Crippen LogP contribution in [0.3, 0.4) is 0 Å². The number of nitrogens with zero attached hydrogens (tertiary/aromatic N) is 3. The Balaban J connectivity index is 1.78. The van der Waals surface area contributed by atoms with Gasteiger partial charge in [0.1, 0.15) is 5.69 Å². The van der Waals surface area contributed by atoms with Crippen molar-refractivity contribution in [3.8, 4) is 11.3 Å². The molecule has 1 aromatic carbocycles. The first kappa shape index (κ1) is 16.8. The summed E-state index contributed by atoms with van der Waals surface area (Å²) in [6, 6.07) is 7.81. The van der Waals surface area contributed by atoms with E-state index in [2.05, 4.69) is 10.3 Å². The number of nitrogens with two attached hydrogens (primary N) is 1. The number of aromatic nitrogens is 3. The minimum Gasteiger partial charge on any atom is -0.364 e. The van der Waals surface area contributed by atoms with Gasteiger partial charge in [-0.05, 0) is 25.0 Å². The van der Waals surface area contributed by atoms with Crippen molar-refractivity contribution < 1.29 is 4.79 Å². The maximum absolute atomic E-state index is 11.8. The maximum atomic E-state index is 11.8. The number of imidazole rings is 1. The van der Waals surface area contributed by atoms with Gasteiger partial charge >= 0.3 is 0 Å². The van der Waals surface area contributed by atoms with Gasteiger partial charge in [-0.2, -0.15) is 0 Å². The second kappa shape index (κ2) is 6.96. The molecular weight excluding hydrogens is 350 g/mol. The van der Waals surface area contributed by atoms with E-state index in [1.807, 2.05) is 30.5 Å². The SMILES string of the molecule is NC(=O)c1cnc(NC2CCCCC2)c2nc(-c3ccc(Cl)cc3)cn12. The Bertz CT molecular complexity index is 944. The van der Waals surface area contributed by atoms with E-state index in [1.54, 1.807) is 4.40 Å². The van der Waals surface area contributed by atoms with Crippen molar-refractivity contribution in [1.82, 2.24) is 14.4 Å². The number of carbonyl (C=O) groups is 1. The highest BCUT2D eigenvalue weighted by Gasteiger charge is 2.19. The average molecular weight is 370 g/mol. The number of halogens is 1. The van der Waals surface area contributed by atoms with Crippen molar-refractivity contribution >= 4 is 29.0 Å². The summed E-state index contributed by atoms with van der Waals surface area (Å²) in [7, 11) is 0. The van der Waals surface area contributed by atoms with Crippen LogP contribution >= 0.6 is 11.6 Å². The largest absolute Gasteiger partial charge is 0.364 e. The molecule has 26 heavy (non-hydrogen) atoms. The highest BCUT2D eigenvalue weighted by Crippen LogP contribution is 2.27. The number of nitrogens with one attached hydrogen (secondary N) is 1. The fraction of sp³-hybridized carbons (Fsp3) is 0.316. The fourth-order valence-corrected chi connectivity index (χ4v) is 3.59. The van der Waals surface area contributed by atoms with Gasteiger partial charge in [0.05, 0.1) is 11.9 Å². The molecule has 0 spiro atoms. The Labute approximate surface area is 156 Å². The molecule has 2 heterocycles. The maximum Gasteiger partial charge on any atom is 0.267 e. The second-order valence-corrected chi connectivity index (χ2v) is 7.10. The van der Waals surface area contributed by atoms with E-state index in [9.17, 15) is 4.79 Å². The summed E-state index contributed by atoms with van der Waals surface area (Å²) in [5.74, 6) is 0.147. The van der Waals surface area contributed by atoms with E-state index in [-0.39, 0.29) is 0 Å². The van der Waals surface area contributed by atoms with Crippen LogP contribution in [0, 0.1) is 0 Å². The predicted octanol–water partition coefficient (Wildman–Crippen LogP) is 3.89. The van der Waals surface area contributed by atoms with Gasteiger partial charge in [-0.15, -0.1) is 0 Å². The van der Waals surface area contributed by atoms with Gasteiger partial charge in [0, 0.05) is 22.8 Å². The summed E-state index contributed by atoms with van der Waals surface area (Å²) in [4.78, 5) is 20.9. The Morgan fingerprint density at radius 2 is 1.92 bits per heavy atom. The van der Waals surface area contributed by atoms with Crippen LogP contribution in [-0.2, 0) is 0 Å². The molecule has 1 amide bonds. The van der Waals surface area contributed by atoms with Crippen LogP contribution in [0.25, 0.3) is 16.9 Å². The molecule has 1 aliphatic carbocycles. The molecule has 0 bridgehead atoms. The molecule has 0 saturated heterocycles. The Hall–Kier alpha value is -2.60. The van der Waals surface area contributed by atoms with Crippen molar-refractivity contribution in [2.75, 3.05) is 5.32 Å². The number of benzene rings is 1. The summed E-state index contributed by atoms with van der Waals surface area (Å²) < 4.78 is 1.71. The molecule has 1 aliphatic rings. The summed E-state index contributed by atoms with van der Waals surface area (Å²) in [5.41, 5.74) is 8.09. The lowest BCUT2D eigenvalue weighted by molar-refractivity contribution is 0.0994. The summed E-state index contributed by atoms with van der Waals surface area (Å²) in [6.45, 7) is 0. The molecule has 0 atom stereocenters. The van der Waals surface area contributed by atoms with E-state index >= 15 is 0 Å². The number of anilines is 1. The van der Waals surface area contributed by atoms with E-state index in [1.165, 1.54) is 25.5 Å². The van der Waals surface area contributed by atoms with Gasteiger partial charge in [-0.25, -0.2) is 9.97 Å². The standard InChI is InChI=1S/C19H20ClN5O/c20-13-8-6-12(7-9-13)15-11-25-16(17(21)26)10-22-18(19(25)24-15)23-14-4-2-1-3-5-14/h6-11,14H,1-5H2,(H2,21,26)(H,22,23). The van der Waals surface area contributed by atoms with Crippen LogP contribution < -0.4 is 11.1 Å². The lowest BCUT2D eigenvalue weighted by Gasteiger charge is -2.23. The topological polar surface area (TPSA) is 85.3 Å². The van der Waals surface area contributed by atoms with Crippen LogP contribution in [0.1, 0.15) is 42.6 Å². The number of amides is 1. The number of hydrogen-bond acceptors (Lipinski definition) is 4. The lowest BCUT2D eigenvalue weighted by Crippen LogP contribution is -2.24. The van der Waals surface area contributed by atoms with Crippen LogP contribution in [0.4, 0.5) is 5.82 Å². The average Bonchev–Trinajstić information content (AvgIpc) is 3.09. The van der Waals surface area contributed by atoms with Crippen molar-refractivity contribution in [2.45, 2.75) is 38.1 Å². The van der Waals surface area contributed by atoms with Crippen molar-refractivity contribution in [3.63, 3.8) is 0 Å². The molecule has 1 saturated carbocycles. The zero-order valence-corrected chi connectivity index (χ0v) is 15.0. The number of fused-ring (bicyclic) bond motifs is 1. The molecule has 3 aromatic rings. The molecule has 4 rings (SSSR count). The minimum atomic E-state index is -0.535. The van der Waals surface area contributed by atoms with Gasteiger partial charge < -0.3 is 11.1 Å². The third kappa shape index (κ3) is 3.24. The Morgan fingerprint density at radius 1 is 1.19 bits per heavy atom. The van der Waals surface area contributed by atoms with Gasteiger partial charge in [0.15, 0.2) is 11.5 Å². The van der Waals surface area contributed by atoms with E-state index in [4.69, 9.17) is 22.3 Å². The number of carbonyl (C=O) groups excluding carboxylic acids is 1. The van der Waals surface area contributed by atoms with Crippen molar-refractivity contribution in [1.29, 1.82) is 0 Å². The normalized spacial score (nSPS) is 15.3. The molecule has 0 unspecified atom stereocenters. The predicted molar refractivity (Wildman–Crippen MR) is 102 cm³/mol. The van der Waals surface area contributed by atoms with Gasteiger partial charge in [0.25, 0.3) is 5.91 Å². The van der Waals surface area contributed by atoms with Crippen LogP contribution in [0.2, 0.25) is 5.02 Å². The number of primary amides is 1. The summed E-state index contributed by atoms with van der Waals surface area (Å²) in [5, 5.41) is 4.16. The van der Waals surface area contributed by atoms with Gasteiger partial charge in [0.2, 0.25) is 0 Å². The lowest BCUT2D eigenvalue weighted by atomic mass is 9.95. The molecule has 134 valence electrons. The van der Waals surface area contributed by atoms with Crippen LogP contribution in [0.5, 0.6) is 0 Å². The first-order chi connectivity index (χ1) is 12.6. The second-order valence-electron chi connectivity index (χ2n) is 6.66. The molecule has 6 nitrogen and oxygen atoms in total. The fourth-order valence-electron chi connectivity index (χ4n) is 3.46. The molecule has 7 heteroatoms. The molecular formula is C19H20ClN5O. The quantitative estimate of drug-likeness (QED) is 0.730. The summed E-state index contributed by atoms with van der Waals surface area (Å²) in [6.07, 6.45) is 9.29. The first-order valence-electron chi connectivity index (χ1n) is 8.82. The third-order valence-electron chi connectivity index (χ3n) is 4.83. The molecule has 3 N–H and O–H groups in total. The number of hydrogen-bond donors (Lipinski definition) is 2. The monoisotopic (exact) mass is 369 g/mol. The highest BCUT2D eigenvalue weighted by molar-refractivity contribution is 6.30. The van der Waals surface area contributed by atoms with Crippen molar-refractivity contribution in [2.24, 2.45) is 5.73 Å². The molecule has 2 aromatic heterocycles. The Morgan fingerprint density at radius 3 is 2.62 bits per heavy atom. The van der Waals surface area contributed by atoms with E-state index < -0.39 is 5.91 Å². The van der Waals surface area contributed by atoms with Crippen LogP contribution in [-0.4, -0.2) is 26.3 Å². The first-order valence-corrected chi connectivity index (χ1v) is 9.20. The van der Waals surface area contributed by atoms with Crippen molar-refractivity contribution in [3.05, 3.63) is 47.4 Å². The minimum absolute atomic E-state index is 0.307. The summed E-state index contributed by atoms with van der Waals surface area (Å²) >= 11 is 5.97. The van der Waals surface area contributed by atoms with Crippen LogP contribution in [0.15, 0.2) is 36.7 Å².